The number of hydrogen-bond acceptors (Lipinski definition) is 0. The van der Waals surface area contributed by atoms with E-state index in [2.05, 4.69) is 80.6 Å². The number of rotatable bonds is 2. The fourth-order valence-electron chi connectivity index (χ4n) is 3.64. The first-order chi connectivity index (χ1) is 10.8. The number of fused-ring (bicyclic) bond motifs is 2. The first-order valence-electron chi connectivity index (χ1n) is 8.05. The highest BCUT2D eigenvalue weighted by atomic mass is 14.3. The predicted octanol–water partition coefficient (Wildman–Crippen LogP) is 5.85. The Kier molecular flexibility index (Phi) is 3.11. The Hall–Kier alpha value is -2.34. The lowest BCUT2D eigenvalue weighted by Crippen LogP contribution is -1.97. The van der Waals surface area contributed by atoms with Crippen LogP contribution in [0.5, 0.6) is 0 Å². The normalized spacial score (nSPS) is 14.0. The van der Waals surface area contributed by atoms with Crippen LogP contribution in [0.4, 0.5) is 0 Å². The summed E-state index contributed by atoms with van der Waals surface area (Å²) in [6.07, 6.45) is 1.09. The molecule has 108 valence electrons. The standard InChI is InChI=1S/C22H20/c1-15(2)21-14-17-9-4-6-12-19(17)22(21)20-13-7-10-16-8-3-5-11-18(16)20/h3-13,15H,14H2,1-2H3. The molecule has 1 aliphatic rings. The Bertz CT molecular complexity index is 876. The molecule has 0 heteroatoms. The summed E-state index contributed by atoms with van der Waals surface area (Å²) in [6, 6.07) is 24.2. The van der Waals surface area contributed by atoms with Gasteiger partial charge in [-0.1, -0.05) is 86.2 Å². The quantitative estimate of drug-likeness (QED) is 0.553. The summed E-state index contributed by atoms with van der Waals surface area (Å²) in [7, 11) is 0. The van der Waals surface area contributed by atoms with Gasteiger partial charge in [-0.15, -0.1) is 0 Å². The van der Waals surface area contributed by atoms with Crippen molar-refractivity contribution in [3.63, 3.8) is 0 Å². The van der Waals surface area contributed by atoms with E-state index in [1.165, 1.54) is 33.0 Å². The van der Waals surface area contributed by atoms with Crippen LogP contribution < -0.4 is 0 Å². The molecular weight excluding hydrogens is 264 g/mol. The Balaban J connectivity index is 2.04. The fourth-order valence-corrected chi connectivity index (χ4v) is 3.64. The Morgan fingerprint density at radius 3 is 2.27 bits per heavy atom. The third-order valence-electron chi connectivity index (χ3n) is 4.74. The van der Waals surface area contributed by atoms with Gasteiger partial charge in [0, 0.05) is 0 Å². The number of allylic oxidation sites excluding steroid dienone is 1. The summed E-state index contributed by atoms with van der Waals surface area (Å²) in [4.78, 5) is 0. The molecule has 0 bridgehead atoms. The summed E-state index contributed by atoms with van der Waals surface area (Å²) in [5.41, 5.74) is 7.29. The van der Waals surface area contributed by atoms with E-state index in [0.29, 0.717) is 5.92 Å². The molecule has 1 aliphatic carbocycles. The third-order valence-corrected chi connectivity index (χ3v) is 4.74. The summed E-state index contributed by atoms with van der Waals surface area (Å²) >= 11 is 0. The van der Waals surface area contributed by atoms with Crippen molar-refractivity contribution in [2.45, 2.75) is 20.3 Å². The summed E-state index contributed by atoms with van der Waals surface area (Å²) in [5.74, 6) is 0.571. The lowest BCUT2D eigenvalue weighted by atomic mass is 9.90. The monoisotopic (exact) mass is 284 g/mol. The smallest absolute Gasteiger partial charge is 0.00489 e. The van der Waals surface area contributed by atoms with Crippen LogP contribution in [0.15, 0.2) is 72.3 Å². The molecule has 0 radical (unpaired) electrons. The molecule has 0 saturated heterocycles. The van der Waals surface area contributed by atoms with Crippen LogP contribution in [-0.2, 0) is 6.42 Å². The fraction of sp³-hybridized carbons (Fsp3) is 0.182. The molecule has 0 N–H and O–H groups in total. The Labute approximate surface area is 132 Å². The third kappa shape index (κ3) is 1.99. The van der Waals surface area contributed by atoms with Crippen LogP contribution in [-0.4, -0.2) is 0 Å². The van der Waals surface area contributed by atoms with E-state index >= 15 is 0 Å². The maximum absolute atomic E-state index is 2.31. The maximum Gasteiger partial charge on any atom is -0.00489 e. The van der Waals surface area contributed by atoms with Crippen LogP contribution in [0.2, 0.25) is 0 Å². The molecule has 3 aromatic carbocycles. The second-order valence-electron chi connectivity index (χ2n) is 6.42. The average molecular weight is 284 g/mol. The van der Waals surface area contributed by atoms with Gasteiger partial charge in [0.15, 0.2) is 0 Å². The molecule has 0 saturated carbocycles. The van der Waals surface area contributed by atoms with E-state index in [1.807, 2.05) is 0 Å². The molecule has 0 nitrogen and oxygen atoms in total. The molecular formula is C22H20. The van der Waals surface area contributed by atoms with E-state index in [0.717, 1.165) is 6.42 Å². The highest BCUT2D eigenvalue weighted by Gasteiger charge is 2.24. The van der Waals surface area contributed by atoms with E-state index in [9.17, 15) is 0 Å². The molecule has 4 rings (SSSR count). The van der Waals surface area contributed by atoms with Crippen molar-refractivity contribution in [3.05, 3.63) is 89.0 Å². The molecule has 0 spiro atoms. The lowest BCUT2D eigenvalue weighted by molar-refractivity contribution is 0.752. The topological polar surface area (TPSA) is 0 Å². The Morgan fingerprint density at radius 2 is 1.41 bits per heavy atom. The second kappa shape index (κ2) is 5.14. The van der Waals surface area contributed by atoms with Gasteiger partial charge in [-0.2, -0.15) is 0 Å². The summed E-state index contributed by atoms with van der Waals surface area (Å²) in [5, 5.41) is 2.68. The van der Waals surface area contributed by atoms with Crippen molar-refractivity contribution in [1.82, 2.24) is 0 Å². The van der Waals surface area contributed by atoms with Gasteiger partial charge in [-0.25, -0.2) is 0 Å². The maximum atomic E-state index is 2.31. The molecule has 0 unspecified atom stereocenters. The second-order valence-corrected chi connectivity index (χ2v) is 6.42. The van der Waals surface area contributed by atoms with E-state index in [1.54, 1.807) is 5.57 Å². The van der Waals surface area contributed by atoms with E-state index < -0.39 is 0 Å². The molecule has 3 aromatic rings. The van der Waals surface area contributed by atoms with Crippen molar-refractivity contribution < 1.29 is 0 Å². The highest BCUT2D eigenvalue weighted by Crippen LogP contribution is 2.42. The van der Waals surface area contributed by atoms with Crippen LogP contribution in [0.25, 0.3) is 16.3 Å². The van der Waals surface area contributed by atoms with Gasteiger partial charge in [0.1, 0.15) is 0 Å². The number of benzene rings is 3. The van der Waals surface area contributed by atoms with Crippen LogP contribution in [0.1, 0.15) is 30.5 Å². The van der Waals surface area contributed by atoms with E-state index in [-0.39, 0.29) is 0 Å². The van der Waals surface area contributed by atoms with Crippen LogP contribution in [0, 0.1) is 5.92 Å². The van der Waals surface area contributed by atoms with Gasteiger partial charge < -0.3 is 0 Å². The number of hydrogen-bond donors (Lipinski definition) is 0. The first-order valence-corrected chi connectivity index (χ1v) is 8.05. The van der Waals surface area contributed by atoms with Crippen molar-refractivity contribution in [3.8, 4) is 0 Å². The minimum atomic E-state index is 0.571. The molecule has 0 heterocycles. The molecule has 0 aromatic heterocycles. The van der Waals surface area contributed by atoms with E-state index in [4.69, 9.17) is 0 Å². The molecule has 0 amide bonds. The molecule has 0 atom stereocenters. The van der Waals surface area contributed by atoms with Gasteiger partial charge in [0.25, 0.3) is 0 Å². The van der Waals surface area contributed by atoms with Crippen molar-refractivity contribution in [2.75, 3.05) is 0 Å². The van der Waals surface area contributed by atoms with Gasteiger partial charge in [0.2, 0.25) is 0 Å². The zero-order chi connectivity index (χ0) is 15.1. The average Bonchev–Trinajstić information content (AvgIpc) is 2.94. The van der Waals surface area contributed by atoms with Gasteiger partial charge >= 0.3 is 0 Å². The SMILES string of the molecule is CC(C)C1=C(c2cccc3ccccc23)c2ccccc2C1. The summed E-state index contributed by atoms with van der Waals surface area (Å²) < 4.78 is 0. The molecule has 22 heavy (non-hydrogen) atoms. The van der Waals surface area contributed by atoms with Crippen molar-refractivity contribution in [2.24, 2.45) is 5.92 Å². The van der Waals surface area contributed by atoms with Crippen LogP contribution in [0.3, 0.4) is 0 Å². The van der Waals surface area contributed by atoms with Gasteiger partial charge in [-0.05, 0) is 45.4 Å². The van der Waals surface area contributed by atoms with Crippen molar-refractivity contribution >= 4 is 16.3 Å². The summed E-state index contributed by atoms with van der Waals surface area (Å²) in [6.45, 7) is 4.62. The zero-order valence-electron chi connectivity index (χ0n) is 13.1. The minimum absolute atomic E-state index is 0.571. The van der Waals surface area contributed by atoms with Crippen molar-refractivity contribution in [1.29, 1.82) is 0 Å². The molecule has 0 fully saturated rings. The Morgan fingerprint density at radius 1 is 0.727 bits per heavy atom. The predicted molar refractivity (Wildman–Crippen MR) is 95.0 cm³/mol. The molecule has 0 aliphatic heterocycles. The lowest BCUT2D eigenvalue weighted by Gasteiger charge is -2.14. The van der Waals surface area contributed by atoms with Crippen LogP contribution >= 0.6 is 0 Å². The first kappa shape index (κ1) is 13.3. The zero-order valence-corrected chi connectivity index (χ0v) is 13.1. The van der Waals surface area contributed by atoms with Gasteiger partial charge in [-0.3, -0.25) is 0 Å². The largest absolute Gasteiger partial charge is 0.0619 e. The highest BCUT2D eigenvalue weighted by molar-refractivity contribution is 6.00. The van der Waals surface area contributed by atoms with Gasteiger partial charge in [0.05, 0.1) is 0 Å². The minimum Gasteiger partial charge on any atom is -0.0619 e.